The van der Waals surface area contributed by atoms with Crippen LogP contribution in [0.25, 0.3) is 0 Å². The molecule has 0 heterocycles. The van der Waals surface area contributed by atoms with Crippen LogP contribution in [-0.4, -0.2) is 30.4 Å². The van der Waals surface area contributed by atoms with E-state index in [4.69, 9.17) is 0 Å². The third kappa shape index (κ3) is 5.03. The predicted octanol–water partition coefficient (Wildman–Crippen LogP) is 1.90. The van der Waals surface area contributed by atoms with Gasteiger partial charge in [0.25, 0.3) is 0 Å². The Labute approximate surface area is 121 Å². The first-order chi connectivity index (χ1) is 8.93. The fourth-order valence-electron chi connectivity index (χ4n) is 1.58. The van der Waals surface area contributed by atoms with Gasteiger partial charge in [0, 0.05) is 6.54 Å². The molecular weight excluding hydrogens is 310 g/mol. The number of ether oxygens (including phenoxy) is 1. The molecule has 0 spiro atoms. The van der Waals surface area contributed by atoms with E-state index in [1.807, 2.05) is 32.0 Å². The number of halogens is 1. The molecule has 1 atom stereocenters. The lowest BCUT2D eigenvalue weighted by molar-refractivity contribution is -0.139. The van der Waals surface area contributed by atoms with Crippen molar-refractivity contribution in [3.8, 4) is 0 Å². The number of benzene rings is 1. The van der Waals surface area contributed by atoms with Crippen LogP contribution in [0, 0.1) is 13.8 Å². The van der Waals surface area contributed by atoms with Crippen molar-refractivity contribution < 1.29 is 14.3 Å². The molecule has 1 rings (SSSR count). The lowest BCUT2D eigenvalue weighted by Gasteiger charge is -2.10. The molecule has 1 aromatic rings. The van der Waals surface area contributed by atoms with Crippen molar-refractivity contribution in [1.29, 1.82) is 0 Å². The summed E-state index contributed by atoms with van der Waals surface area (Å²) in [6.07, 6.45) is 0.308. The van der Waals surface area contributed by atoms with Gasteiger partial charge in [-0.15, -0.1) is 0 Å². The van der Waals surface area contributed by atoms with Gasteiger partial charge in [-0.3, -0.25) is 9.59 Å². The lowest BCUT2D eigenvalue weighted by atomic mass is 10.0. The van der Waals surface area contributed by atoms with Crippen molar-refractivity contribution >= 4 is 27.8 Å². The number of nitrogens with one attached hydrogen (secondary N) is 1. The standard InChI is InChI=1S/C14H18BrNO3/c1-9-4-5-11(6-10(9)2)7-13(17)16-8-12(15)14(18)19-3/h4-6,12H,7-8H2,1-3H3,(H,16,17). The lowest BCUT2D eigenvalue weighted by Crippen LogP contribution is -2.34. The van der Waals surface area contributed by atoms with Crippen molar-refractivity contribution in [2.24, 2.45) is 0 Å². The second-order valence-corrected chi connectivity index (χ2v) is 5.50. The summed E-state index contributed by atoms with van der Waals surface area (Å²) in [5.41, 5.74) is 3.33. The second kappa shape index (κ2) is 7.28. The number of aryl methyl sites for hydroxylation is 2. The molecule has 4 nitrogen and oxygen atoms in total. The van der Waals surface area contributed by atoms with Crippen LogP contribution in [0.15, 0.2) is 18.2 Å². The largest absolute Gasteiger partial charge is 0.468 e. The molecule has 1 amide bonds. The number of carbonyl (C=O) groups is 2. The van der Waals surface area contributed by atoms with E-state index in [2.05, 4.69) is 26.0 Å². The minimum atomic E-state index is -0.513. The summed E-state index contributed by atoms with van der Waals surface area (Å²) in [6.45, 7) is 4.27. The first-order valence-corrected chi connectivity index (χ1v) is 6.90. The van der Waals surface area contributed by atoms with Gasteiger partial charge in [0.2, 0.25) is 5.91 Å². The predicted molar refractivity (Wildman–Crippen MR) is 77.4 cm³/mol. The monoisotopic (exact) mass is 327 g/mol. The zero-order valence-electron chi connectivity index (χ0n) is 11.3. The molecule has 0 bridgehead atoms. The molecule has 104 valence electrons. The Morgan fingerprint density at radius 2 is 2.00 bits per heavy atom. The highest BCUT2D eigenvalue weighted by molar-refractivity contribution is 9.10. The van der Waals surface area contributed by atoms with Crippen LogP contribution in [0.2, 0.25) is 0 Å². The van der Waals surface area contributed by atoms with Gasteiger partial charge in [0.1, 0.15) is 4.83 Å². The Kier molecular flexibility index (Phi) is 6.02. The van der Waals surface area contributed by atoms with Crippen molar-refractivity contribution in [1.82, 2.24) is 5.32 Å². The first-order valence-electron chi connectivity index (χ1n) is 5.98. The Morgan fingerprint density at radius 3 is 2.58 bits per heavy atom. The highest BCUT2D eigenvalue weighted by atomic mass is 79.9. The van der Waals surface area contributed by atoms with Crippen LogP contribution in [0.1, 0.15) is 16.7 Å². The first kappa shape index (κ1) is 15.7. The van der Waals surface area contributed by atoms with E-state index >= 15 is 0 Å². The molecule has 5 heteroatoms. The summed E-state index contributed by atoms with van der Waals surface area (Å²) in [4.78, 5) is 22.4. The van der Waals surface area contributed by atoms with E-state index in [-0.39, 0.29) is 12.5 Å². The van der Waals surface area contributed by atoms with Crippen LogP contribution < -0.4 is 5.32 Å². The van der Waals surface area contributed by atoms with Gasteiger partial charge in [-0.05, 0) is 30.5 Å². The van der Waals surface area contributed by atoms with Crippen LogP contribution in [0.3, 0.4) is 0 Å². The third-order valence-electron chi connectivity index (χ3n) is 2.87. The average molecular weight is 328 g/mol. The number of carbonyl (C=O) groups excluding carboxylic acids is 2. The number of rotatable bonds is 5. The molecule has 0 aliphatic rings. The fourth-order valence-corrected chi connectivity index (χ4v) is 1.92. The minimum absolute atomic E-state index is 0.114. The van der Waals surface area contributed by atoms with Gasteiger partial charge in [0.15, 0.2) is 0 Å². The summed E-state index contributed by atoms with van der Waals surface area (Å²) in [5, 5.41) is 2.69. The van der Waals surface area contributed by atoms with E-state index in [1.165, 1.54) is 18.2 Å². The SMILES string of the molecule is COC(=O)C(Br)CNC(=O)Cc1ccc(C)c(C)c1. The maximum Gasteiger partial charge on any atom is 0.321 e. The number of hydrogen-bond acceptors (Lipinski definition) is 3. The van der Waals surface area contributed by atoms with Crippen molar-refractivity contribution in [2.45, 2.75) is 25.1 Å². The maximum absolute atomic E-state index is 11.7. The van der Waals surface area contributed by atoms with Gasteiger partial charge >= 0.3 is 5.97 Å². The highest BCUT2D eigenvalue weighted by Crippen LogP contribution is 2.10. The van der Waals surface area contributed by atoms with Gasteiger partial charge in [-0.25, -0.2) is 0 Å². The summed E-state index contributed by atoms with van der Waals surface area (Å²) in [7, 11) is 1.31. The molecule has 0 aromatic heterocycles. The van der Waals surface area contributed by atoms with Crippen LogP contribution >= 0.6 is 15.9 Å². The van der Waals surface area contributed by atoms with Gasteiger partial charge < -0.3 is 10.1 Å². The van der Waals surface area contributed by atoms with Gasteiger partial charge in [0.05, 0.1) is 13.5 Å². The second-order valence-electron chi connectivity index (χ2n) is 4.39. The van der Waals surface area contributed by atoms with Crippen LogP contribution in [-0.2, 0) is 20.7 Å². The molecular formula is C14H18BrNO3. The molecule has 0 saturated heterocycles. The van der Waals surface area contributed by atoms with Crippen molar-refractivity contribution in [3.63, 3.8) is 0 Å². The van der Waals surface area contributed by atoms with E-state index in [1.54, 1.807) is 0 Å². The third-order valence-corrected chi connectivity index (χ3v) is 3.57. The Hall–Kier alpha value is -1.36. The molecule has 0 aliphatic heterocycles. The van der Waals surface area contributed by atoms with E-state index in [0.29, 0.717) is 6.42 Å². The molecule has 0 aliphatic carbocycles. The zero-order chi connectivity index (χ0) is 14.4. The minimum Gasteiger partial charge on any atom is -0.468 e. The summed E-state index contributed by atoms with van der Waals surface area (Å²) in [6, 6.07) is 5.94. The van der Waals surface area contributed by atoms with E-state index in [0.717, 1.165) is 5.56 Å². The van der Waals surface area contributed by atoms with Crippen LogP contribution in [0.4, 0.5) is 0 Å². The molecule has 1 N–H and O–H groups in total. The van der Waals surface area contributed by atoms with Gasteiger partial charge in [-0.2, -0.15) is 0 Å². The van der Waals surface area contributed by atoms with E-state index in [9.17, 15) is 9.59 Å². The quantitative estimate of drug-likeness (QED) is 0.663. The number of amides is 1. The summed E-state index contributed by atoms with van der Waals surface area (Å²) >= 11 is 3.15. The van der Waals surface area contributed by atoms with Crippen molar-refractivity contribution in [3.05, 3.63) is 34.9 Å². The fraction of sp³-hybridized carbons (Fsp3) is 0.429. The van der Waals surface area contributed by atoms with Gasteiger partial charge in [-0.1, -0.05) is 34.1 Å². The molecule has 0 radical (unpaired) electrons. The zero-order valence-corrected chi connectivity index (χ0v) is 12.9. The number of alkyl halides is 1. The van der Waals surface area contributed by atoms with Crippen LogP contribution in [0.5, 0.6) is 0 Å². The topological polar surface area (TPSA) is 55.4 Å². The Morgan fingerprint density at radius 1 is 1.32 bits per heavy atom. The number of esters is 1. The number of hydrogen-bond donors (Lipinski definition) is 1. The normalized spacial score (nSPS) is 11.8. The summed E-state index contributed by atoms with van der Waals surface area (Å²) < 4.78 is 4.55. The molecule has 1 unspecified atom stereocenters. The Bertz CT molecular complexity index is 474. The average Bonchev–Trinajstić information content (AvgIpc) is 2.39. The smallest absolute Gasteiger partial charge is 0.321 e. The number of methoxy groups -OCH3 is 1. The summed E-state index contributed by atoms with van der Waals surface area (Å²) in [5.74, 6) is -0.511. The van der Waals surface area contributed by atoms with Crippen molar-refractivity contribution in [2.75, 3.05) is 13.7 Å². The maximum atomic E-state index is 11.7. The molecule has 19 heavy (non-hydrogen) atoms. The highest BCUT2D eigenvalue weighted by Gasteiger charge is 2.16. The van der Waals surface area contributed by atoms with E-state index < -0.39 is 10.8 Å². The molecule has 0 fully saturated rings. The molecule has 1 aromatic carbocycles. The Balaban J connectivity index is 2.47. The molecule has 0 saturated carbocycles.